The highest BCUT2D eigenvalue weighted by Crippen LogP contribution is 2.14. The molecule has 2 aromatic rings. The highest BCUT2D eigenvalue weighted by molar-refractivity contribution is 7.89. The van der Waals surface area contributed by atoms with Gasteiger partial charge in [-0.05, 0) is 38.5 Å². The number of hydrogen-bond donors (Lipinski definition) is 2. The topological polar surface area (TPSA) is 99.8 Å². The van der Waals surface area contributed by atoms with Crippen LogP contribution in [0.15, 0.2) is 38.6 Å². The van der Waals surface area contributed by atoms with Gasteiger partial charge in [-0.15, -0.1) is 0 Å². The van der Waals surface area contributed by atoms with Crippen LogP contribution in [0.4, 0.5) is 0 Å². The molecule has 0 unspecified atom stereocenters. The Balaban J connectivity index is 2.03. The molecule has 0 spiro atoms. The highest BCUT2D eigenvalue weighted by Gasteiger charge is 2.16. The second-order valence-electron chi connectivity index (χ2n) is 6.23. The van der Waals surface area contributed by atoms with Gasteiger partial charge in [0.15, 0.2) is 5.96 Å². The number of nitrogens with zero attached hydrogens (tertiary/aromatic N) is 3. The van der Waals surface area contributed by atoms with E-state index in [1.807, 2.05) is 20.8 Å². The van der Waals surface area contributed by atoms with Gasteiger partial charge in [0.2, 0.25) is 15.9 Å². The molecule has 0 saturated heterocycles. The Labute approximate surface area is 160 Å². The second kappa shape index (κ2) is 9.01. The van der Waals surface area contributed by atoms with E-state index in [0.29, 0.717) is 24.9 Å². The number of hydrogen-bond acceptors (Lipinski definition) is 5. The van der Waals surface area contributed by atoms with Gasteiger partial charge in [-0.1, -0.05) is 12.1 Å². The molecule has 8 nitrogen and oxygen atoms in total. The van der Waals surface area contributed by atoms with Crippen LogP contribution in [0.1, 0.15) is 29.8 Å². The Hall–Kier alpha value is -2.39. The zero-order chi connectivity index (χ0) is 20.0. The SMILES string of the molecule is CCNC(=NCc1ccc(S(=O)(=O)N(C)C)cc1)NCc1nc(C)c(C)o1. The van der Waals surface area contributed by atoms with Crippen LogP contribution in [0.25, 0.3) is 0 Å². The molecule has 148 valence electrons. The van der Waals surface area contributed by atoms with Crippen LogP contribution >= 0.6 is 0 Å². The number of nitrogens with one attached hydrogen (secondary N) is 2. The van der Waals surface area contributed by atoms with E-state index in [2.05, 4.69) is 20.6 Å². The quantitative estimate of drug-likeness (QED) is 0.550. The third-order valence-corrected chi connectivity index (χ3v) is 5.78. The van der Waals surface area contributed by atoms with Gasteiger partial charge < -0.3 is 15.1 Å². The summed E-state index contributed by atoms with van der Waals surface area (Å²) < 4.78 is 31.0. The van der Waals surface area contributed by atoms with Crippen molar-refractivity contribution in [2.75, 3.05) is 20.6 Å². The monoisotopic (exact) mass is 393 g/mol. The molecule has 2 N–H and O–H groups in total. The van der Waals surface area contributed by atoms with Gasteiger partial charge in [-0.3, -0.25) is 0 Å². The summed E-state index contributed by atoms with van der Waals surface area (Å²) in [6, 6.07) is 6.73. The van der Waals surface area contributed by atoms with Gasteiger partial charge in [0.25, 0.3) is 0 Å². The van der Waals surface area contributed by atoms with Crippen molar-refractivity contribution in [3.63, 3.8) is 0 Å². The van der Waals surface area contributed by atoms with Crippen LogP contribution in [0.5, 0.6) is 0 Å². The van der Waals surface area contributed by atoms with Crippen LogP contribution in [0.3, 0.4) is 0 Å². The number of aryl methyl sites for hydroxylation is 2. The largest absolute Gasteiger partial charge is 0.444 e. The standard InChI is InChI=1S/C18H27N5O3S/c1-6-19-18(21-12-17-22-13(2)14(3)26-17)20-11-15-7-9-16(10-8-15)27(24,25)23(4)5/h7-10H,6,11-12H2,1-5H3,(H2,19,20,21). The minimum absolute atomic E-state index is 0.264. The molecule has 0 saturated carbocycles. The summed E-state index contributed by atoms with van der Waals surface area (Å²) >= 11 is 0. The first-order valence-corrected chi connectivity index (χ1v) is 10.1. The highest BCUT2D eigenvalue weighted by atomic mass is 32.2. The number of oxazole rings is 1. The lowest BCUT2D eigenvalue weighted by Gasteiger charge is -2.12. The van der Waals surface area contributed by atoms with Crippen molar-refractivity contribution in [3.8, 4) is 0 Å². The fourth-order valence-electron chi connectivity index (χ4n) is 2.26. The molecule has 0 aliphatic rings. The lowest BCUT2D eigenvalue weighted by Crippen LogP contribution is -2.36. The zero-order valence-corrected chi connectivity index (χ0v) is 17.2. The molecular formula is C18H27N5O3S. The molecule has 2 rings (SSSR count). The Kier molecular flexibility index (Phi) is 6.98. The maximum atomic E-state index is 12.1. The first-order chi connectivity index (χ1) is 12.7. The first kappa shape index (κ1) is 20.9. The molecule has 27 heavy (non-hydrogen) atoms. The van der Waals surface area contributed by atoms with Crippen LogP contribution in [0, 0.1) is 13.8 Å². The summed E-state index contributed by atoms with van der Waals surface area (Å²) in [5.74, 6) is 2.05. The Morgan fingerprint density at radius 3 is 2.37 bits per heavy atom. The number of aromatic nitrogens is 1. The molecular weight excluding hydrogens is 366 g/mol. The zero-order valence-electron chi connectivity index (χ0n) is 16.4. The van der Waals surface area contributed by atoms with E-state index in [4.69, 9.17) is 4.42 Å². The van der Waals surface area contributed by atoms with Crippen LogP contribution < -0.4 is 10.6 Å². The molecule has 9 heteroatoms. The number of rotatable bonds is 7. The van der Waals surface area contributed by atoms with E-state index in [-0.39, 0.29) is 4.90 Å². The fourth-order valence-corrected chi connectivity index (χ4v) is 3.17. The van der Waals surface area contributed by atoms with E-state index in [0.717, 1.165) is 23.6 Å². The summed E-state index contributed by atoms with van der Waals surface area (Å²) in [4.78, 5) is 9.12. The molecule has 1 heterocycles. The van der Waals surface area contributed by atoms with E-state index in [1.165, 1.54) is 18.4 Å². The van der Waals surface area contributed by atoms with Gasteiger partial charge in [-0.2, -0.15) is 0 Å². The lowest BCUT2D eigenvalue weighted by atomic mass is 10.2. The third kappa shape index (κ3) is 5.54. The van der Waals surface area contributed by atoms with Gasteiger partial charge in [0, 0.05) is 20.6 Å². The smallest absolute Gasteiger partial charge is 0.242 e. The van der Waals surface area contributed by atoms with Crippen molar-refractivity contribution in [1.82, 2.24) is 19.9 Å². The Bertz CT molecular complexity index is 867. The molecule has 0 fully saturated rings. The minimum Gasteiger partial charge on any atom is -0.444 e. The van der Waals surface area contributed by atoms with E-state index in [1.54, 1.807) is 24.3 Å². The van der Waals surface area contributed by atoms with Crippen molar-refractivity contribution >= 4 is 16.0 Å². The number of sulfonamides is 1. The van der Waals surface area contributed by atoms with E-state index in [9.17, 15) is 8.42 Å². The van der Waals surface area contributed by atoms with E-state index < -0.39 is 10.0 Å². The van der Waals surface area contributed by atoms with Crippen molar-refractivity contribution in [2.45, 2.75) is 38.8 Å². The molecule has 0 radical (unpaired) electrons. The van der Waals surface area contributed by atoms with Crippen molar-refractivity contribution in [2.24, 2.45) is 4.99 Å². The molecule has 0 amide bonds. The normalized spacial score (nSPS) is 12.4. The summed E-state index contributed by atoms with van der Waals surface area (Å²) in [6.45, 7) is 7.34. The lowest BCUT2D eigenvalue weighted by molar-refractivity contribution is 0.463. The fraction of sp³-hybridized carbons (Fsp3) is 0.444. The average molecular weight is 394 g/mol. The van der Waals surface area contributed by atoms with Crippen LogP contribution in [-0.4, -0.2) is 44.3 Å². The van der Waals surface area contributed by atoms with Gasteiger partial charge in [0.1, 0.15) is 5.76 Å². The summed E-state index contributed by atoms with van der Waals surface area (Å²) in [5.41, 5.74) is 1.79. The van der Waals surface area contributed by atoms with Gasteiger partial charge in [0.05, 0.1) is 23.7 Å². The first-order valence-electron chi connectivity index (χ1n) is 8.70. The van der Waals surface area contributed by atoms with Crippen LogP contribution in [0.2, 0.25) is 0 Å². The Morgan fingerprint density at radius 1 is 1.19 bits per heavy atom. The number of guanidine groups is 1. The summed E-state index contributed by atoms with van der Waals surface area (Å²) in [6.07, 6.45) is 0. The third-order valence-electron chi connectivity index (χ3n) is 3.95. The number of benzene rings is 1. The second-order valence-corrected chi connectivity index (χ2v) is 8.38. The molecule has 0 aliphatic heterocycles. The predicted octanol–water partition coefficient (Wildman–Crippen LogP) is 1.80. The van der Waals surface area contributed by atoms with Crippen molar-refractivity contribution in [3.05, 3.63) is 47.2 Å². The molecule has 0 aliphatic carbocycles. The summed E-state index contributed by atoms with van der Waals surface area (Å²) in [5, 5.41) is 6.34. The molecule has 0 bridgehead atoms. The van der Waals surface area contributed by atoms with Gasteiger partial charge in [-0.25, -0.2) is 22.7 Å². The van der Waals surface area contributed by atoms with Crippen LogP contribution in [-0.2, 0) is 23.1 Å². The molecule has 1 aromatic heterocycles. The van der Waals surface area contributed by atoms with Crippen molar-refractivity contribution < 1.29 is 12.8 Å². The predicted molar refractivity (Wildman–Crippen MR) is 105 cm³/mol. The number of aliphatic imine (C=N–C) groups is 1. The van der Waals surface area contributed by atoms with Gasteiger partial charge >= 0.3 is 0 Å². The maximum absolute atomic E-state index is 12.1. The maximum Gasteiger partial charge on any atom is 0.242 e. The van der Waals surface area contributed by atoms with E-state index >= 15 is 0 Å². The molecule has 1 aromatic carbocycles. The minimum atomic E-state index is -3.42. The molecule has 0 atom stereocenters. The average Bonchev–Trinajstić information content (AvgIpc) is 2.95. The Morgan fingerprint density at radius 2 is 1.85 bits per heavy atom. The van der Waals surface area contributed by atoms with Crippen molar-refractivity contribution in [1.29, 1.82) is 0 Å². The summed E-state index contributed by atoms with van der Waals surface area (Å²) in [7, 11) is -0.394.